The van der Waals surface area contributed by atoms with E-state index in [2.05, 4.69) is 18.8 Å². The maximum Gasteiger partial charge on any atom is 0.141 e. The average Bonchev–Trinajstić information content (AvgIpc) is 2.51. The van der Waals surface area contributed by atoms with Crippen LogP contribution in [-0.4, -0.2) is 12.7 Å². The zero-order valence-electron chi connectivity index (χ0n) is 5.11. The van der Waals surface area contributed by atoms with Crippen LogP contribution in [0.1, 0.15) is 19.8 Å². The van der Waals surface area contributed by atoms with E-state index in [1.165, 1.54) is 0 Å². The molecule has 1 rings (SSSR count). The normalized spacial score (nSPS) is 23.9. The van der Waals surface area contributed by atoms with E-state index >= 15 is 0 Å². The van der Waals surface area contributed by atoms with Gasteiger partial charge in [0.05, 0.1) is 6.61 Å². The quantitative estimate of drug-likeness (QED) is 0.365. The molecule has 1 fully saturated rings. The van der Waals surface area contributed by atoms with Crippen LogP contribution in [0.5, 0.6) is 0 Å². The van der Waals surface area contributed by atoms with E-state index in [0.717, 1.165) is 19.4 Å². The van der Waals surface area contributed by atoms with Crippen molar-refractivity contribution in [3.8, 4) is 11.8 Å². The SMILES string of the molecule is CCCC#C[C@H]1CO1. The first-order valence-electron chi connectivity index (χ1n) is 3.03. The lowest BCUT2D eigenvalue weighted by Crippen LogP contribution is -1.73. The Hall–Kier alpha value is -0.480. The van der Waals surface area contributed by atoms with Crippen LogP contribution in [0.3, 0.4) is 0 Å². The summed E-state index contributed by atoms with van der Waals surface area (Å²) in [7, 11) is 0. The van der Waals surface area contributed by atoms with Crippen molar-refractivity contribution in [3.05, 3.63) is 0 Å². The predicted molar refractivity (Wildman–Crippen MR) is 32.4 cm³/mol. The minimum absolute atomic E-state index is 0.293. The van der Waals surface area contributed by atoms with Crippen molar-refractivity contribution in [2.45, 2.75) is 25.9 Å². The van der Waals surface area contributed by atoms with Crippen molar-refractivity contribution in [1.82, 2.24) is 0 Å². The van der Waals surface area contributed by atoms with Crippen LogP contribution in [0.25, 0.3) is 0 Å². The van der Waals surface area contributed by atoms with Crippen molar-refractivity contribution in [2.24, 2.45) is 0 Å². The van der Waals surface area contributed by atoms with Gasteiger partial charge < -0.3 is 4.74 Å². The molecule has 1 aliphatic rings. The Kier molecular flexibility index (Phi) is 1.93. The molecular weight excluding hydrogens is 100 g/mol. The summed E-state index contributed by atoms with van der Waals surface area (Å²) in [5.74, 6) is 6.01. The molecule has 1 heterocycles. The molecule has 44 valence electrons. The molecule has 0 bridgehead atoms. The topological polar surface area (TPSA) is 12.5 Å². The first kappa shape index (κ1) is 5.65. The molecule has 1 heteroatoms. The van der Waals surface area contributed by atoms with Crippen LogP contribution in [0.4, 0.5) is 0 Å². The lowest BCUT2D eigenvalue weighted by molar-refractivity contribution is 0.445. The molecule has 1 aliphatic heterocycles. The van der Waals surface area contributed by atoms with Gasteiger partial charge in [0.15, 0.2) is 0 Å². The second-order valence-electron chi connectivity index (χ2n) is 1.89. The smallest absolute Gasteiger partial charge is 0.141 e. The molecule has 0 amide bonds. The largest absolute Gasteiger partial charge is 0.359 e. The zero-order valence-corrected chi connectivity index (χ0v) is 5.11. The molecule has 0 radical (unpaired) electrons. The van der Waals surface area contributed by atoms with Crippen molar-refractivity contribution in [3.63, 3.8) is 0 Å². The van der Waals surface area contributed by atoms with Crippen molar-refractivity contribution in [2.75, 3.05) is 6.61 Å². The lowest BCUT2D eigenvalue weighted by Gasteiger charge is -1.74. The van der Waals surface area contributed by atoms with Crippen LogP contribution >= 0.6 is 0 Å². The molecule has 0 aromatic heterocycles. The van der Waals surface area contributed by atoms with Gasteiger partial charge in [-0.2, -0.15) is 0 Å². The summed E-state index contributed by atoms with van der Waals surface area (Å²) in [6.07, 6.45) is 2.46. The molecule has 0 aromatic carbocycles. The number of unbranched alkanes of at least 4 members (excludes halogenated alkanes) is 1. The molecule has 0 saturated carbocycles. The summed E-state index contributed by atoms with van der Waals surface area (Å²) in [5, 5.41) is 0. The summed E-state index contributed by atoms with van der Waals surface area (Å²) in [6.45, 7) is 2.99. The molecule has 0 unspecified atom stereocenters. The molecular formula is C7H10O. The Morgan fingerprint density at radius 3 is 3.00 bits per heavy atom. The summed E-state index contributed by atoms with van der Waals surface area (Å²) in [4.78, 5) is 0. The van der Waals surface area contributed by atoms with Gasteiger partial charge in [0.1, 0.15) is 6.10 Å². The fourth-order valence-electron chi connectivity index (χ4n) is 0.442. The first-order chi connectivity index (χ1) is 3.93. The average molecular weight is 110 g/mol. The highest BCUT2D eigenvalue weighted by molar-refractivity contribution is 5.09. The van der Waals surface area contributed by atoms with E-state index in [-0.39, 0.29) is 0 Å². The third-order valence-electron chi connectivity index (χ3n) is 0.971. The first-order valence-corrected chi connectivity index (χ1v) is 3.03. The second-order valence-corrected chi connectivity index (χ2v) is 1.89. The highest BCUT2D eigenvalue weighted by Gasteiger charge is 2.18. The molecule has 1 saturated heterocycles. The summed E-state index contributed by atoms with van der Waals surface area (Å²) in [5.41, 5.74) is 0. The highest BCUT2D eigenvalue weighted by Crippen LogP contribution is 2.05. The Morgan fingerprint density at radius 1 is 1.75 bits per heavy atom. The van der Waals surface area contributed by atoms with Crippen molar-refractivity contribution in [1.29, 1.82) is 0 Å². The van der Waals surface area contributed by atoms with Gasteiger partial charge in [-0.25, -0.2) is 0 Å². The fraction of sp³-hybridized carbons (Fsp3) is 0.714. The number of hydrogen-bond donors (Lipinski definition) is 0. The van der Waals surface area contributed by atoms with Gasteiger partial charge in [0, 0.05) is 6.42 Å². The molecule has 0 N–H and O–H groups in total. The van der Waals surface area contributed by atoms with Gasteiger partial charge in [-0.1, -0.05) is 12.8 Å². The third kappa shape index (κ3) is 1.99. The van der Waals surface area contributed by atoms with Gasteiger partial charge in [0.25, 0.3) is 0 Å². The van der Waals surface area contributed by atoms with Crippen LogP contribution < -0.4 is 0 Å². The maximum absolute atomic E-state index is 4.88. The van der Waals surface area contributed by atoms with Crippen LogP contribution in [0.15, 0.2) is 0 Å². The minimum Gasteiger partial charge on any atom is -0.359 e. The van der Waals surface area contributed by atoms with Crippen LogP contribution in [0.2, 0.25) is 0 Å². The number of ether oxygens (including phenoxy) is 1. The standard InChI is InChI=1S/C7H10O/c1-2-3-4-5-7-6-8-7/h7H,2-3,6H2,1H3/t7-/m0/s1. The van der Waals surface area contributed by atoms with Crippen molar-refractivity contribution < 1.29 is 4.74 Å². The molecule has 0 spiro atoms. The zero-order chi connectivity index (χ0) is 5.82. The lowest BCUT2D eigenvalue weighted by atomic mass is 10.3. The van der Waals surface area contributed by atoms with Crippen LogP contribution in [-0.2, 0) is 4.74 Å². The Labute approximate surface area is 50.0 Å². The van der Waals surface area contributed by atoms with Gasteiger partial charge in [0.2, 0.25) is 0 Å². The monoisotopic (exact) mass is 110 g/mol. The van der Waals surface area contributed by atoms with E-state index in [1.54, 1.807) is 0 Å². The Balaban J connectivity index is 2.05. The number of rotatable bonds is 1. The van der Waals surface area contributed by atoms with E-state index < -0.39 is 0 Å². The molecule has 0 aromatic rings. The summed E-state index contributed by atoms with van der Waals surface area (Å²) >= 11 is 0. The van der Waals surface area contributed by atoms with E-state index in [9.17, 15) is 0 Å². The fourth-order valence-corrected chi connectivity index (χ4v) is 0.442. The third-order valence-corrected chi connectivity index (χ3v) is 0.971. The number of hydrogen-bond acceptors (Lipinski definition) is 1. The maximum atomic E-state index is 4.88. The van der Waals surface area contributed by atoms with Crippen LogP contribution in [0, 0.1) is 11.8 Å². The Bertz CT molecular complexity index is 114. The number of epoxide rings is 1. The van der Waals surface area contributed by atoms with Gasteiger partial charge in [-0.3, -0.25) is 0 Å². The summed E-state index contributed by atoms with van der Waals surface area (Å²) < 4.78 is 4.88. The van der Waals surface area contributed by atoms with Gasteiger partial charge in [-0.05, 0) is 6.42 Å². The Morgan fingerprint density at radius 2 is 2.50 bits per heavy atom. The molecule has 1 nitrogen and oxygen atoms in total. The van der Waals surface area contributed by atoms with E-state index in [1.807, 2.05) is 0 Å². The van der Waals surface area contributed by atoms with Crippen molar-refractivity contribution >= 4 is 0 Å². The minimum atomic E-state index is 0.293. The molecule has 1 atom stereocenters. The molecule has 8 heavy (non-hydrogen) atoms. The van der Waals surface area contributed by atoms with Gasteiger partial charge in [-0.15, -0.1) is 5.92 Å². The predicted octanol–water partition coefficient (Wildman–Crippen LogP) is 1.19. The highest BCUT2D eigenvalue weighted by atomic mass is 16.6. The summed E-state index contributed by atoms with van der Waals surface area (Å²) in [6, 6.07) is 0. The van der Waals surface area contributed by atoms with Gasteiger partial charge >= 0.3 is 0 Å². The molecule has 0 aliphatic carbocycles. The second kappa shape index (κ2) is 2.74. The van der Waals surface area contributed by atoms with E-state index in [0.29, 0.717) is 6.10 Å². The van der Waals surface area contributed by atoms with E-state index in [4.69, 9.17) is 4.74 Å².